The summed E-state index contributed by atoms with van der Waals surface area (Å²) >= 11 is 3.36. The van der Waals surface area contributed by atoms with Gasteiger partial charge in [-0.1, -0.05) is 6.07 Å². The lowest BCUT2D eigenvalue weighted by Crippen LogP contribution is -2.33. The Bertz CT molecular complexity index is 484. The van der Waals surface area contributed by atoms with Crippen molar-refractivity contribution in [3.8, 4) is 11.8 Å². The van der Waals surface area contributed by atoms with Gasteiger partial charge in [-0.05, 0) is 65.7 Å². The van der Waals surface area contributed by atoms with Gasteiger partial charge in [-0.15, -0.1) is 0 Å². The Balaban J connectivity index is 2.63. The highest BCUT2D eigenvalue weighted by Crippen LogP contribution is 2.47. The number of hydrogen-bond acceptors (Lipinski definition) is 2. The quantitative estimate of drug-likeness (QED) is 0.852. The number of phenols is 1. The van der Waals surface area contributed by atoms with Crippen molar-refractivity contribution in [3.05, 3.63) is 27.2 Å². The van der Waals surface area contributed by atoms with Crippen LogP contribution in [0.15, 0.2) is 10.5 Å². The molecule has 0 spiro atoms. The van der Waals surface area contributed by atoms with E-state index in [2.05, 4.69) is 22.0 Å². The van der Waals surface area contributed by atoms with E-state index in [1.165, 1.54) is 0 Å². The van der Waals surface area contributed by atoms with Gasteiger partial charge in [0.25, 0.3) is 0 Å². The first-order valence-corrected chi connectivity index (χ1v) is 6.21. The Morgan fingerprint density at radius 2 is 2.06 bits per heavy atom. The zero-order chi connectivity index (χ0) is 11.9. The Labute approximate surface area is 104 Å². The highest BCUT2D eigenvalue weighted by atomic mass is 79.9. The SMILES string of the molecule is Cc1cc(C2(C#N)CCC2)c(C)c(O)c1Br. The maximum absolute atomic E-state index is 9.99. The smallest absolute Gasteiger partial charge is 0.133 e. The molecule has 1 fully saturated rings. The molecule has 2 nitrogen and oxygen atoms in total. The van der Waals surface area contributed by atoms with Crippen molar-refractivity contribution in [1.29, 1.82) is 5.26 Å². The molecule has 84 valence electrons. The number of aromatic hydroxyl groups is 1. The number of rotatable bonds is 1. The van der Waals surface area contributed by atoms with Crippen LogP contribution in [-0.2, 0) is 5.41 Å². The van der Waals surface area contributed by atoms with E-state index in [1.54, 1.807) is 0 Å². The highest BCUT2D eigenvalue weighted by molar-refractivity contribution is 9.10. The van der Waals surface area contributed by atoms with Crippen molar-refractivity contribution >= 4 is 15.9 Å². The van der Waals surface area contributed by atoms with Crippen LogP contribution in [0.1, 0.15) is 36.0 Å². The van der Waals surface area contributed by atoms with Gasteiger partial charge in [0.05, 0.1) is 16.0 Å². The fourth-order valence-electron chi connectivity index (χ4n) is 2.34. The number of nitrogens with zero attached hydrogens (tertiary/aromatic N) is 1. The average molecular weight is 280 g/mol. The third-order valence-electron chi connectivity index (χ3n) is 3.61. The molecule has 0 aromatic heterocycles. The van der Waals surface area contributed by atoms with E-state index < -0.39 is 0 Å². The Kier molecular flexibility index (Phi) is 2.71. The van der Waals surface area contributed by atoms with Crippen molar-refractivity contribution in [2.45, 2.75) is 38.5 Å². The van der Waals surface area contributed by atoms with E-state index in [9.17, 15) is 10.4 Å². The molecule has 1 N–H and O–H groups in total. The molecule has 0 heterocycles. The normalized spacial score (nSPS) is 17.6. The maximum atomic E-state index is 9.99. The van der Waals surface area contributed by atoms with Crippen LogP contribution in [0.3, 0.4) is 0 Å². The lowest BCUT2D eigenvalue weighted by Gasteiger charge is -2.37. The third-order valence-corrected chi connectivity index (χ3v) is 4.61. The standard InChI is InChI=1S/C13H14BrNO/c1-8-6-10(9(2)12(16)11(8)14)13(7-15)4-3-5-13/h6,16H,3-5H2,1-2H3. The molecule has 3 heteroatoms. The van der Waals surface area contributed by atoms with E-state index >= 15 is 0 Å². The molecule has 0 bridgehead atoms. The van der Waals surface area contributed by atoms with Gasteiger partial charge < -0.3 is 5.11 Å². The number of hydrogen-bond donors (Lipinski definition) is 1. The molecule has 1 aliphatic carbocycles. The lowest BCUT2D eigenvalue weighted by atomic mass is 9.64. The second-order valence-electron chi connectivity index (χ2n) is 4.58. The van der Waals surface area contributed by atoms with Gasteiger partial charge in [-0.2, -0.15) is 5.26 Å². The summed E-state index contributed by atoms with van der Waals surface area (Å²) in [5, 5.41) is 19.3. The first kappa shape index (κ1) is 11.5. The van der Waals surface area contributed by atoms with Crippen molar-refractivity contribution in [2.24, 2.45) is 0 Å². The molecule has 1 aromatic carbocycles. The molecule has 1 saturated carbocycles. The Morgan fingerprint density at radius 1 is 1.44 bits per heavy atom. The van der Waals surface area contributed by atoms with Crippen LogP contribution in [0.2, 0.25) is 0 Å². The van der Waals surface area contributed by atoms with Gasteiger partial charge in [0, 0.05) is 0 Å². The van der Waals surface area contributed by atoms with Crippen LogP contribution in [0.25, 0.3) is 0 Å². The van der Waals surface area contributed by atoms with E-state index in [0.717, 1.165) is 40.4 Å². The molecular formula is C13H14BrNO. The zero-order valence-electron chi connectivity index (χ0n) is 9.47. The molecule has 0 amide bonds. The van der Waals surface area contributed by atoms with Gasteiger partial charge in [0.1, 0.15) is 5.75 Å². The van der Waals surface area contributed by atoms with Crippen LogP contribution >= 0.6 is 15.9 Å². The minimum absolute atomic E-state index is 0.275. The third kappa shape index (κ3) is 1.44. The molecule has 0 atom stereocenters. The molecular weight excluding hydrogens is 266 g/mol. The minimum Gasteiger partial charge on any atom is -0.506 e. The Hall–Kier alpha value is -1.01. The van der Waals surface area contributed by atoms with Gasteiger partial charge >= 0.3 is 0 Å². The van der Waals surface area contributed by atoms with Gasteiger partial charge in [-0.25, -0.2) is 0 Å². The molecule has 0 aliphatic heterocycles. The van der Waals surface area contributed by atoms with Crippen LogP contribution in [0, 0.1) is 25.2 Å². The molecule has 0 radical (unpaired) electrons. The summed E-state index contributed by atoms with van der Waals surface area (Å²) in [6, 6.07) is 4.45. The Morgan fingerprint density at radius 3 is 2.50 bits per heavy atom. The summed E-state index contributed by atoms with van der Waals surface area (Å²) in [5.74, 6) is 0.275. The summed E-state index contributed by atoms with van der Waals surface area (Å²) in [6.07, 6.45) is 2.92. The number of benzene rings is 1. The second-order valence-corrected chi connectivity index (χ2v) is 5.37. The van der Waals surface area contributed by atoms with Gasteiger partial charge in [0.2, 0.25) is 0 Å². The van der Waals surface area contributed by atoms with Crippen molar-refractivity contribution < 1.29 is 5.11 Å². The van der Waals surface area contributed by atoms with Gasteiger partial charge in [-0.3, -0.25) is 0 Å². The van der Waals surface area contributed by atoms with Crippen molar-refractivity contribution in [3.63, 3.8) is 0 Å². The number of nitriles is 1. The minimum atomic E-state index is -0.354. The second kappa shape index (κ2) is 3.78. The molecule has 0 saturated heterocycles. The fraction of sp³-hybridized carbons (Fsp3) is 0.462. The summed E-state index contributed by atoms with van der Waals surface area (Å²) in [7, 11) is 0. The van der Waals surface area contributed by atoms with E-state index in [0.29, 0.717) is 0 Å². The summed E-state index contributed by atoms with van der Waals surface area (Å²) < 4.78 is 0.737. The number of phenolic OH excluding ortho intramolecular Hbond substituents is 1. The predicted molar refractivity (Wildman–Crippen MR) is 66.4 cm³/mol. The predicted octanol–water partition coefficient (Wildman–Crippen LogP) is 3.72. The molecule has 1 aromatic rings. The molecule has 16 heavy (non-hydrogen) atoms. The topological polar surface area (TPSA) is 44.0 Å². The highest BCUT2D eigenvalue weighted by Gasteiger charge is 2.40. The number of halogens is 1. The van der Waals surface area contributed by atoms with Crippen LogP contribution in [-0.4, -0.2) is 5.11 Å². The van der Waals surface area contributed by atoms with Crippen LogP contribution < -0.4 is 0 Å². The molecule has 2 rings (SSSR count). The summed E-state index contributed by atoms with van der Waals surface area (Å²) in [4.78, 5) is 0. The largest absolute Gasteiger partial charge is 0.506 e. The lowest BCUT2D eigenvalue weighted by molar-refractivity contribution is 0.320. The fourth-order valence-corrected chi connectivity index (χ4v) is 2.75. The molecule has 0 unspecified atom stereocenters. The number of aryl methyl sites for hydroxylation is 1. The zero-order valence-corrected chi connectivity index (χ0v) is 11.1. The van der Waals surface area contributed by atoms with E-state index in [-0.39, 0.29) is 11.2 Å². The maximum Gasteiger partial charge on any atom is 0.133 e. The molecule has 1 aliphatic rings. The van der Waals surface area contributed by atoms with Crippen LogP contribution in [0.5, 0.6) is 5.75 Å². The van der Waals surface area contributed by atoms with Crippen molar-refractivity contribution in [1.82, 2.24) is 0 Å². The average Bonchev–Trinajstić information content (AvgIpc) is 2.21. The first-order chi connectivity index (χ1) is 7.52. The van der Waals surface area contributed by atoms with Crippen LogP contribution in [0.4, 0.5) is 0 Å². The summed E-state index contributed by atoms with van der Waals surface area (Å²) in [6.45, 7) is 3.82. The monoisotopic (exact) mass is 279 g/mol. The first-order valence-electron chi connectivity index (χ1n) is 5.42. The van der Waals surface area contributed by atoms with E-state index in [1.807, 2.05) is 19.9 Å². The summed E-state index contributed by atoms with van der Waals surface area (Å²) in [5.41, 5.74) is 2.46. The van der Waals surface area contributed by atoms with Crippen molar-refractivity contribution in [2.75, 3.05) is 0 Å². The van der Waals surface area contributed by atoms with Gasteiger partial charge in [0.15, 0.2) is 0 Å². The van der Waals surface area contributed by atoms with E-state index in [4.69, 9.17) is 0 Å².